The molecule has 0 aromatic rings. The normalized spacial score (nSPS) is 10.8. The van der Waals surface area contributed by atoms with E-state index in [1.54, 1.807) is 0 Å². The van der Waals surface area contributed by atoms with E-state index in [2.05, 4.69) is 25.7 Å². The average molecular weight is 142 g/mol. The van der Waals surface area contributed by atoms with Crippen LogP contribution in [0.15, 0.2) is 0 Å². The van der Waals surface area contributed by atoms with E-state index >= 15 is 0 Å². The zero-order valence-corrected chi connectivity index (χ0v) is 7.40. The Labute approximate surface area is 65.4 Å². The van der Waals surface area contributed by atoms with Crippen molar-refractivity contribution in [1.29, 1.82) is 0 Å². The second kappa shape index (κ2) is 7.07. The van der Waals surface area contributed by atoms with Crippen LogP contribution in [-0.2, 0) is 0 Å². The molecule has 10 heavy (non-hydrogen) atoms. The molecule has 0 unspecified atom stereocenters. The zero-order chi connectivity index (χ0) is 7.82. The predicted octanol–water partition coefficient (Wildman–Crippen LogP) is 2.33. The van der Waals surface area contributed by atoms with Crippen LogP contribution in [-0.4, -0.2) is 24.5 Å². The lowest BCUT2D eigenvalue weighted by molar-refractivity contribution is 0.309. The monoisotopic (exact) mass is 142 g/mol. The third kappa shape index (κ3) is 4.80. The highest BCUT2D eigenvalue weighted by molar-refractivity contribution is 4.55. The number of hydrogen-bond donors (Lipinski definition) is 0. The van der Waals surface area contributed by atoms with Crippen molar-refractivity contribution in [3.8, 4) is 0 Å². The van der Waals surface area contributed by atoms with Gasteiger partial charge in [-0.05, 0) is 33.0 Å². The average Bonchev–Trinajstić information content (AvgIpc) is 1.99. The standard InChI is InChI=1S/C9H20N/c1-4-7-8-9-10(5-2)6-3/h2,4-9H2,1,3H3. The molecule has 0 N–H and O–H groups in total. The van der Waals surface area contributed by atoms with Crippen LogP contribution in [0.4, 0.5) is 0 Å². The molecule has 0 aliphatic heterocycles. The summed E-state index contributed by atoms with van der Waals surface area (Å²) in [5, 5.41) is 0. The lowest BCUT2D eigenvalue weighted by Crippen LogP contribution is -2.23. The molecule has 0 aliphatic rings. The van der Waals surface area contributed by atoms with Crippen molar-refractivity contribution >= 4 is 0 Å². The number of hydrogen-bond acceptors (Lipinski definition) is 1. The van der Waals surface area contributed by atoms with E-state index in [0.29, 0.717) is 0 Å². The first-order valence-corrected chi connectivity index (χ1v) is 4.36. The van der Waals surface area contributed by atoms with Crippen LogP contribution >= 0.6 is 0 Å². The molecular weight excluding hydrogens is 122 g/mol. The molecule has 61 valence electrons. The van der Waals surface area contributed by atoms with Crippen molar-refractivity contribution < 1.29 is 0 Å². The molecule has 0 atom stereocenters. The minimum absolute atomic E-state index is 0.959. The molecule has 0 saturated heterocycles. The Hall–Kier alpha value is -0.0400. The van der Waals surface area contributed by atoms with Crippen LogP contribution in [0.2, 0.25) is 0 Å². The van der Waals surface area contributed by atoms with E-state index in [0.717, 1.165) is 13.1 Å². The fraction of sp³-hybridized carbons (Fsp3) is 0.889. The van der Waals surface area contributed by atoms with Gasteiger partial charge in [-0.2, -0.15) is 0 Å². The molecule has 0 bridgehead atoms. The van der Waals surface area contributed by atoms with E-state index in [1.165, 1.54) is 25.8 Å². The van der Waals surface area contributed by atoms with Gasteiger partial charge >= 0.3 is 0 Å². The number of rotatable bonds is 6. The van der Waals surface area contributed by atoms with Crippen LogP contribution < -0.4 is 0 Å². The van der Waals surface area contributed by atoms with Crippen molar-refractivity contribution in [2.75, 3.05) is 19.6 Å². The smallest absolute Gasteiger partial charge is 0.00184 e. The van der Waals surface area contributed by atoms with Crippen LogP contribution in [0.25, 0.3) is 0 Å². The molecule has 0 aliphatic carbocycles. The van der Waals surface area contributed by atoms with Gasteiger partial charge in [0.2, 0.25) is 0 Å². The fourth-order valence-corrected chi connectivity index (χ4v) is 1.01. The molecule has 1 nitrogen and oxygen atoms in total. The SMILES string of the molecule is [CH2]CN(CC)CCCCC. The van der Waals surface area contributed by atoms with Gasteiger partial charge in [-0.1, -0.05) is 26.7 Å². The fourth-order valence-electron chi connectivity index (χ4n) is 1.01. The molecule has 0 amide bonds. The number of unbranched alkanes of at least 4 members (excludes halogenated alkanes) is 2. The van der Waals surface area contributed by atoms with Crippen molar-refractivity contribution in [1.82, 2.24) is 4.90 Å². The van der Waals surface area contributed by atoms with Gasteiger partial charge in [0.25, 0.3) is 0 Å². The lowest BCUT2D eigenvalue weighted by atomic mass is 10.2. The topological polar surface area (TPSA) is 3.24 Å². The van der Waals surface area contributed by atoms with Gasteiger partial charge in [0.15, 0.2) is 0 Å². The Balaban J connectivity index is 3.09. The minimum atomic E-state index is 0.959. The predicted molar refractivity (Wildman–Crippen MR) is 47.0 cm³/mol. The van der Waals surface area contributed by atoms with Gasteiger partial charge < -0.3 is 4.90 Å². The summed E-state index contributed by atoms with van der Waals surface area (Å²) in [6, 6.07) is 0. The maximum atomic E-state index is 3.86. The van der Waals surface area contributed by atoms with Gasteiger partial charge in [-0.3, -0.25) is 0 Å². The Morgan fingerprint density at radius 1 is 1.20 bits per heavy atom. The van der Waals surface area contributed by atoms with Gasteiger partial charge in [0, 0.05) is 0 Å². The molecule has 1 radical (unpaired) electrons. The second-order valence-corrected chi connectivity index (χ2v) is 2.64. The summed E-state index contributed by atoms with van der Waals surface area (Å²) in [5.41, 5.74) is 0. The van der Waals surface area contributed by atoms with E-state index in [1.807, 2.05) is 0 Å². The molecular formula is C9H20N. The third-order valence-corrected chi connectivity index (χ3v) is 1.84. The molecule has 0 spiro atoms. The largest absolute Gasteiger partial charge is 0.304 e. The molecule has 0 fully saturated rings. The summed E-state index contributed by atoms with van der Waals surface area (Å²) >= 11 is 0. The van der Waals surface area contributed by atoms with Crippen molar-refractivity contribution in [3.63, 3.8) is 0 Å². The van der Waals surface area contributed by atoms with Gasteiger partial charge in [0.1, 0.15) is 0 Å². The van der Waals surface area contributed by atoms with Crippen molar-refractivity contribution in [2.45, 2.75) is 33.1 Å². The summed E-state index contributed by atoms with van der Waals surface area (Å²) in [6.45, 7) is 11.6. The Morgan fingerprint density at radius 2 is 1.90 bits per heavy atom. The molecule has 0 rings (SSSR count). The molecule has 1 heteroatoms. The zero-order valence-electron chi connectivity index (χ0n) is 7.40. The maximum absolute atomic E-state index is 3.86. The van der Waals surface area contributed by atoms with Crippen molar-refractivity contribution in [2.24, 2.45) is 0 Å². The third-order valence-electron chi connectivity index (χ3n) is 1.84. The van der Waals surface area contributed by atoms with Crippen molar-refractivity contribution in [3.05, 3.63) is 6.92 Å². The quantitative estimate of drug-likeness (QED) is 0.514. The van der Waals surface area contributed by atoms with Crippen LogP contribution in [0.3, 0.4) is 0 Å². The van der Waals surface area contributed by atoms with Gasteiger partial charge in [-0.15, -0.1) is 0 Å². The highest BCUT2D eigenvalue weighted by Crippen LogP contribution is 1.96. The summed E-state index contributed by atoms with van der Waals surface area (Å²) in [6.07, 6.45) is 4.01. The Bertz CT molecular complexity index is 57.7. The summed E-state index contributed by atoms with van der Waals surface area (Å²) in [4.78, 5) is 2.37. The van der Waals surface area contributed by atoms with E-state index in [-0.39, 0.29) is 0 Å². The van der Waals surface area contributed by atoms with Crippen LogP contribution in [0.5, 0.6) is 0 Å². The molecule has 0 heterocycles. The number of nitrogens with zero attached hydrogens (tertiary/aromatic N) is 1. The first-order chi connectivity index (χ1) is 4.85. The van der Waals surface area contributed by atoms with E-state index in [9.17, 15) is 0 Å². The van der Waals surface area contributed by atoms with Crippen LogP contribution in [0.1, 0.15) is 33.1 Å². The summed E-state index contributed by atoms with van der Waals surface area (Å²) < 4.78 is 0. The first-order valence-electron chi connectivity index (χ1n) is 4.36. The lowest BCUT2D eigenvalue weighted by Gasteiger charge is -2.16. The highest BCUT2D eigenvalue weighted by Gasteiger charge is 1.95. The first kappa shape index (κ1) is 9.96. The summed E-state index contributed by atoms with van der Waals surface area (Å²) in [5.74, 6) is 0. The Kier molecular flexibility index (Phi) is 7.04. The van der Waals surface area contributed by atoms with Crippen LogP contribution in [0, 0.1) is 6.92 Å². The Morgan fingerprint density at radius 3 is 2.30 bits per heavy atom. The maximum Gasteiger partial charge on any atom is -0.00184 e. The molecule has 0 aromatic heterocycles. The molecule has 0 aromatic carbocycles. The van der Waals surface area contributed by atoms with Gasteiger partial charge in [-0.25, -0.2) is 0 Å². The molecule has 0 saturated carbocycles. The van der Waals surface area contributed by atoms with E-state index < -0.39 is 0 Å². The highest BCUT2D eigenvalue weighted by atomic mass is 15.1. The van der Waals surface area contributed by atoms with Gasteiger partial charge in [0.05, 0.1) is 0 Å². The van der Waals surface area contributed by atoms with E-state index in [4.69, 9.17) is 0 Å². The minimum Gasteiger partial charge on any atom is -0.304 e. The summed E-state index contributed by atoms with van der Waals surface area (Å²) in [7, 11) is 0. The second-order valence-electron chi connectivity index (χ2n) is 2.64.